The summed E-state index contributed by atoms with van der Waals surface area (Å²) in [6.07, 6.45) is 1.63. The van der Waals surface area contributed by atoms with Crippen LogP contribution in [0.25, 0.3) is 0 Å². The standard InChI is InChI=1S/C15H13Cl2NO.C3H8.C2H6/c1-10(19)9-11-5-2-3-8-14(11)18-15-12(16)6-4-7-13(15)17;1-3-2;1-2/h2-8,18H,9H2,1H3;3H2,1-2H3;1-2H3. The summed E-state index contributed by atoms with van der Waals surface area (Å²) in [5.41, 5.74) is 2.42. The lowest BCUT2D eigenvalue weighted by atomic mass is 10.1. The highest BCUT2D eigenvalue weighted by Gasteiger charge is 2.09. The molecule has 0 atom stereocenters. The van der Waals surface area contributed by atoms with Crippen LogP contribution in [0.15, 0.2) is 42.5 Å². The van der Waals surface area contributed by atoms with Gasteiger partial charge < -0.3 is 5.32 Å². The lowest BCUT2D eigenvalue weighted by molar-refractivity contribution is -0.116. The van der Waals surface area contributed by atoms with Crippen molar-refractivity contribution < 1.29 is 4.79 Å². The minimum absolute atomic E-state index is 0.111. The van der Waals surface area contributed by atoms with E-state index in [-0.39, 0.29) is 5.78 Å². The number of para-hydroxylation sites is 2. The van der Waals surface area contributed by atoms with E-state index in [0.717, 1.165) is 11.3 Å². The van der Waals surface area contributed by atoms with Crippen LogP contribution in [0, 0.1) is 0 Å². The van der Waals surface area contributed by atoms with Crippen LogP contribution in [0.3, 0.4) is 0 Å². The van der Waals surface area contributed by atoms with E-state index in [1.807, 2.05) is 38.1 Å². The van der Waals surface area contributed by atoms with Gasteiger partial charge in [-0.05, 0) is 30.7 Å². The van der Waals surface area contributed by atoms with Crippen LogP contribution in [0.2, 0.25) is 10.0 Å². The van der Waals surface area contributed by atoms with E-state index in [1.165, 1.54) is 6.42 Å². The van der Waals surface area contributed by atoms with E-state index in [4.69, 9.17) is 23.2 Å². The number of carbonyl (C=O) groups excluding carboxylic acids is 1. The normalized spacial score (nSPS) is 9.12. The maximum Gasteiger partial charge on any atom is 0.134 e. The molecule has 0 fully saturated rings. The van der Waals surface area contributed by atoms with E-state index >= 15 is 0 Å². The Hall–Kier alpha value is -1.51. The van der Waals surface area contributed by atoms with Crippen molar-refractivity contribution in [3.05, 3.63) is 58.1 Å². The van der Waals surface area contributed by atoms with E-state index in [2.05, 4.69) is 19.2 Å². The van der Waals surface area contributed by atoms with Crippen molar-refractivity contribution >= 4 is 40.4 Å². The molecule has 0 radical (unpaired) electrons. The van der Waals surface area contributed by atoms with Gasteiger partial charge in [0.1, 0.15) is 5.78 Å². The molecule has 0 bridgehead atoms. The van der Waals surface area contributed by atoms with E-state index < -0.39 is 0 Å². The van der Waals surface area contributed by atoms with Crippen LogP contribution in [0.4, 0.5) is 11.4 Å². The molecule has 0 aliphatic carbocycles. The predicted molar refractivity (Wildman–Crippen MR) is 108 cm³/mol. The molecule has 1 N–H and O–H groups in total. The van der Waals surface area contributed by atoms with Crippen LogP contribution in [0.1, 0.15) is 46.6 Å². The van der Waals surface area contributed by atoms with Gasteiger partial charge >= 0.3 is 0 Å². The molecule has 0 amide bonds. The van der Waals surface area contributed by atoms with Gasteiger partial charge in [0.15, 0.2) is 0 Å². The minimum atomic E-state index is 0.111. The van der Waals surface area contributed by atoms with Crippen molar-refractivity contribution in [3.8, 4) is 0 Å². The number of anilines is 2. The summed E-state index contributed by atoms with van der Waals surface area (Å²) < 4.78 is 0. The molecule has 0 saturated carbocycles. The minimum Gasteiger partial charge on any atom is -0.353 e. The fourth-order valence-corrected chi connectivity index (χ4v) is 2.31. The Balaban J connectivity index is 0.000000952. The van der Waals surface area contributed by atoms with E-state index in [9.17, 15) is 4.79 Å². The van der Waals surface area contributed by atoms with Gasteiger partial charge in [-0.25, -0.2) is 0 Å². The first-order valence-corrected chi connectivity index (χ1v) is 9.03. The molecular weight excluding hydrogens is 341 g/mol. The molecule has 0 aliphatic heterocycles. The maximum absolute atomic E-state index is 11.3. The van der Waals surface area contributed by atoms with Crippen molar-refractivity contribution in [2.45, 2.75) is 47.5 Å². The molecule has 2 nitrogen and oxygen atoms in total. The number of nitrogens with one attached hydrogen (secondary N) is 1. The maximum atomic E-state index is 11.3. The fourth-order valence-electron chi connectivity index (χ4n) is 1.82. The molecule has 4 heteroatoms. The van der Waals surface area contributed by atoms with Gasteiger partial charge in [0.2, 0.25) is 0 Å². The number of hydrogen-bond donors (Lipinski definition) is 1. The Kier molecular flexibility index (Phi) is 12.0. The van der Waals surface area contributed by atoms with E-state index in [1.54, 1.807) is 25.1 Å². The molecule has 0 aromatic heterocycles. The summed E-state index contributed by atoms with van der Waals surface area (Å²) in [5, 5.41) is 4.29. The number of hydrogen-bond acceptors (Lipinski definition) is 2. The van der Waals surface area contributed by atoms with Crippen molar-refractivity contribution in [2.75, 3.05) is 5.32 Å². The largest absolute Gasteiger partial charge is 0.353 e. The van der Waals surface area contributed by atoms with E-state index in [0.29, 0.717) is 22.2 Å². The molecule has 132 valence electrons. The molecule has 0 heterocycles. The number of halogens is 2. The van der Waals surface area contributed by atoms with Crippen LogP contribution >= 0.6 is 23.2 Å². The molecule has 2 aromatic rings. The van der Waals surface area contributed by atoms with Gasteiger partial charge in [-0.1, -0.05) is 81.6 Å². The van der Waals surface area contributed by atoms with Crippen LogP contribution in [-0.4, -0.2) is 5.78 Å². The first kappa shape index (κ1) is 22.5. The van der Waals surface area contributed by atoms with Crippen LogP contribution in [-0.2, 0) is 11.2 Å². The number of benzene rings is 2. The van der Waals surface area contributed by atoms with Crippen molar-refractivity contribution in [1.29, 1.82) is 0 Å². The Bertz CT molecular complexity index is 607. The van der Waals surface area contributed by atoms with Gasteiger partial charge in [-0.15, -0.1) is 0 Å². The Morgan fingerprint density at radius 1 is 0.958 bits per heavy atom. The first-order chi connectivity index (χ1) is 11.5. The Morgan fingerprint density at radius 2 is 1.46 bits per heavy atom. The second-order valence-electron chi connectivity index (χ2n) is 4.96. The highest BCUT2D eigenvalue weighted by atomic mass is 35.5. The van der Waals surface area contributed by atoms with Crippen LogP contribution in [0.5, 0.6) is 0 Å². The molecule has 2 rings (SSSR count). The Labute approximate surface area is 156 Å². The zero-order valence-electron chi connectivity index (χ0n) is 15.1. The zero-order valence-corrected chi connectivity index (χ0v) is 16.6. The number of carbonyl (C=O) groups is 1. The lowest BCUT2D eigenvalue weighted by Gasteiger charge is -2.13. The summed E-state index contributed by atoms with van der Waals surface area (Å²) in [5.74, 6) is 0.111. The zero-order chi connectivity index (χ0) is 18.5. The second kappa shape index (κ2) is 12.9. The molecular formula is C20H27Cl2NO. The number of ketones is 1. The quantitative estimate of drug-likeness (QED) is 0.613. The van der Waals surface area contributed by atoms with Crippen molar-refractivity contribution in [2.24, 2.45) is 0 Å². The summed E-state index contributed by atoms with van der Waals surface area (Å²) in [6.45, 7) is 9.82. The third-order valence-corrected chi connectivity index (χ3v) is 3.31. The summed E-state index contributed by atoms with van der Waals surface area (Å²) in [6, 6.07) is 12.9. The van der Waals surface area contributed by atoms with Gasteiger partial charge in [0.05, 0.1) is 15.7 Å². The first-order valence-electron chi connectivity index (χ1n) is 8.27. The van der Waals surface area contributed by atoms with Gasteiger partial charge in [0, 0.05) is 12.1 Å². The highest BCUT2D eigenvalue weighted by molar-refractivity contribution is 6.39. The van der Waals surface area contributed by atoms with Crippen molar-refractivity contribution in [1.82, 2.24) is 0 Å². The predicted octanol–water partition coefficient (Wildman–Crippen LogP) is 7.31. The smallest absolute Gasteiger partial charge is 0.134 e. The average Bonchev–Trinajstić information content (AvgIpc) is 2.55. The molecule has 0 aliphatic rings. The average molecular weight is 368 g/mol. The lowest BCUT2D eigenvalue weighted by Crippen LogP contribution is -2.01. The topological polar surface area (TPSA) is 29.1 Å². The number of rotatable bonds is 4. The number of Topliss-reactive ketones (excluding diaryl/α,β-unsaturated/α-hetero) is 1. The van der Waals surface area contributed by atoms with Gasteiger partial charge in [0.25, 0.3) is 0 Å². The monoisotopic (exact) mass is 367 g/mol. The molecule has 2 aromatic carbocycles. The highest BCUT2D eigenvalue weighted by Crippen LogP contribution is 2.33. The third-order valence-electron chi connectivity index (χ3n) is 2.68. The van der Waals surface area contributed by atoms with Gasteiger partial charge in [-0.2, -0.15) is 0 Å². The molecule has 0 spiro atoms. The fraction of sp³-hybridized carbons (Fsp3) is 0.350. The third kappa shape index (κ3) is 7.85. The van der Waals surface area contributed by atoms with Crippen LogP contribution < -0.4 is 5.32 Å². The molecule has 24 heavy (non-hydrogen) atoms. The summed E-state index contributed by atoms with van der Waals surface area (Å²) >= 11 is 12.2. The SMILES string of the molecule is CC.CC(=O)Cc1ccccc1Nc1c(Cl)cccc1Cl.CCC. The summed E-state index contributed by atoms with van der Waals surface area (Å²) in [4.78, 5) is 11.3. The summed E-state index contributed by atoms with van der Waals surface area (Å²) in [7, 11) is 0. The molecule has 0 saturated heterocycles. The van der Waals surface area contributed by atoms with Gasteiger partial charge in [-0.3, -0.25) is 4.79 Å². The second-order valence-corrected chi connectivity index (χ2v) is 5.78. The Morgan fingerprint density at radius 3 is 1.96 bits per heavy atom. The van der Waals surface area contributed by atoms with Crippen molar-refractivity contribution in [3.63, 3.8) is 0 Å². The molecule has 0 unspecified atom stereocenters.